The number of aromatic nitrogens is 2. The van der Waals surface area contributed by atoms with Gasteiger partial charge in [-0.2, -0.15) is 9.40 Å². The summed E-state index contributed by atoms with van der Waals surface area (Å²) in [4.78, 5) is 14.6. The lowest BCUT2D eigenvalue weighted by atomic mass is 9.93. The average molecular weight is 384 g/mol. The van der Waals surface area contributed by atoms with Crippen LogP contribution in [-0.4, -0.2) is 65.7 Å². The summed E-state index contributed by atoms with van der Waals surface area (Å²) in [7, 11) is -3.19. The number of amides is 1. The molecule has 26 heavy (non-hydrogen) atoms. The van der Waals surface area contributed by atoms with Crippen molar-refractivity contribution in [2.45, 2.75) is 45.8 Å². The van der Waals surface area contributed by atoms with Crippen LogP contribution in [0.2, 0.25) is 0 Å². The number of hydrogen-bond donors (Lipinski definition) is 1. The monoisotopic (exact) mass is 383 g/mol. The van der Waals surface area contributed by atoms with E-state index in [1.54, 1.807) is 0 Å². The summed E-state index contributed by atoms with van der Waals surface area (Å²) in [6.07, 6.45) is 3.97. The number of sulfonamides is 1. The van der Waals surface area contributed by atoms with Crippen molar-refractivity contribution < 1.29 is 13.2 Å². The molecule has 0 bridgehead atoms. The molecule has 1 N–H and O–H groups in total. The number of hydrogen-bond acceptors (Lipinski definition) is 5. The molecule has 1 fully saturated rings. The molecule has 0 spiro atoms. The van der Waals surface area contributed by atoms with Gasteiger partial charge >= 0.3 is 0 Å². The van der Waals surface area contributed by atoms with Crippen molar-refractivity contribution in [2.75, 3.05) is 32.4 Å². The van der Waals surface area contributed by atoms with E-state index in [1.807, 2.05) is 10.7 Å². The molecular formula is C17H29N5O3S. The predicted octanol–water partition coefficient (Wildman–Crippen LogP) is 0.397. The second-order valence-corrected chi connectivity index (χ2v) is 9.29. The Kier molecular flexibility index (Phi) is 5.99. The zero-order valence-electron chi connectivity index (χ0n) is 15.6. The Morgan fingerprint density at radius 3 is 2.65 bits per heavy atom. The smallest absolute Gasteiger partial charge is 0.220 e. The first kappa shape index (κ1) is 19.3. The summed E-state index contributed by atoms with van der Waals surface area (Å²) in [6, 6.07) is 1.89. The van der Waals surface area contributed by atoms with Crippen molar-refractivity contribution >= 4 is 15.9 Å². The highest BCUT2D eigenvalue weighted by molar-refractivity contribution is 7.88. The number of carbonyl (C=O) groups is 1. The van der Waals surface area contributed by atoms with Crippen LogP contribution < -0.4 is 5.32 Å². The first-order valence-corrected chi connectivity index (χ1v) is 11.2. The van der Waals surface area contributed by atoms with E-state index in [-0.39, 0.29) is 5.91 Å². The number of likely N-dealkylation sites (tertiary alicyclic amines) is 1. The highest BCUT2D eigenvalue weighted by atomic mass is 32.2. The van der Waals surface area contributed by atoms with E-state index in [4.69, 9.17) is 0 Å². The van der Waals surface area contributed by atoms with Crippen LogP contribution in [-0.2, 0) is 34.5 Å². The maximum atomic E-state index is 12.2. The van der Waals surface area contributed by atoms with E-state index in [0.717, 1.165) is 43.9 Å². The summed E-state index contributed by atoms with van der Waals surface area (Å²) in [6.45, 7) is 7.15. The van der Waals surface area contributed by atoms with Gasteiger partial charge in [0.1, 0.15) is 0 Å². The Morgan fingerprint density at radius 2 is 2.00 bits per heavy atom. The van der Waals surface area contributed by atoms with Gasteiger partial charge in [0.2, 0.25) is 15.9 Å². The number of nitrogens with one attached hydrogen (secondary N) is 1. The lowest BCUT2D eigenvalue weighted by Crippen LogP contribution is -2.37. The third kappa shape index (κ3) is 4.83. The molecule has 0 aliphatic carbocycles. The van der Waals surface area contributed by atoms with E-state index in [1.165, 1.54) is 10.6 Å². The Morgan fingerprint density at radius 1 is 1.27 bits per heavy atom. The zero-order chi connectivity index (χ0) is 18.7. The van der Waals surface area contributed by atoms with Crippen molar-refractivity contribution in [1.82, 2.24) is 24.3 Å². The Bertz CT molecular complexity index is 738. The minimum atomic E-state index is -3.19. The third-order valence-corrected chi connectivity index (χ3v) is 6.63. The van der Waals surface area contributed by atoms with Crippen molar-refractivity contribution in [3.05, 3.63) is 17.5 Å². The minimum absolute atomic E-state index is 0.0729. The first-order chi connectivity index (χ1) is 12.3. The van der Waals surface area contributed by atoms with Crippen molar-refractivity contribution in [3.63, 3.8) is 0 Å². The summed E-state index contributed by atoms with van der Waals surface area (Å²) in [5.41, 5.74) is 1.65. The van der Waals surface area contributed by atoms with Gasteiger partial charge in [0.25, 0.3) is 0 Å². The van der Waals surface area contributed by atoms with Gasteiger partial charge in [0.15, 0.2) is 0 Å². The molecule has 1 amide bonds. The van der Waals surface area contributed by atoms with Crippen molar-refractivity contribution in [3.8, 4) is 0 Å². The van der Waals surface area contributed by atoms with E-state index < -0.39 is 10.0 Å². The van der Waals surface area contributed by atoms with Crippen LogP contribution in [0.25, 0.3) is 0 Å². The van der Waals surface area contributed by atoms with Crippen molar-refractivity contribution in [1.29, 1.82) is 0 Å². The van der Waals surface area contributed by atoms with Gasteiger partial charge in [0.05, 0.1) is 37.3 Å². The van der Waals surface area contributed by atoms with Gasteiger partial charge in [-0.25, -0.2) is 8.42 Å². The van der Waals surface area contributed by atoms with Crippen LogP contribution in [0.15, 0.2) is 6.07 Å². The van der Waals surface area contributed by atoms with Crippen LogP contribution in [0, 0.1) is 5.92 Å². The van der Waals surface area contributed by atoms with Crippen molar-refractivity contribution in [2.24, 2.45) is 5.92 Å². The maximum absolute atomic E-state index is 12.2. The van der Waals surface area contributed by atoms with Gasteiger partial charge in [-0.3, -0.25) is 9.48 Å². The fourth-order valence-electron chi connectivity index (χ4n) is 3.70. The fraction of sp³-hybridized carbons (Fsp3) is 0.765. The zero-order valence-corrected chi connectivity index (χ0v) is 16.5. The molecular weight excluding hydrogens is 354 g/mol. The minimum Gasteiger partial charge on any atom is -0.350 e. The SMILES string of the molecule is CCN1CCC(CC(=O)NCc2cc3n(n2)CCN(S(C)(=O)=O)C3)CC1. The molecule has 0 aromatic carbocycles. The number of fused-ring (bicyclic) bond motifs is 1. The van der Waals surface area contributed by atoms with Gasteiger partial charge in [-0.1, -0.05) is 6.92 Å². The molecule has 0 radical (unpaired) electrons. The molecule has 1 aromatic heterocycles. The Labute approximate surface area is 155 Å². The van der Waals surface area contributed by atoms with E-state index in [0.29, 0.717) is 38.5 Å². The van der Waals surface area contributed by atoms with Crippen LogP contribution >= 0.6 is 0 Å². The molecule has 3 heterocycles. The van der Waals surface area contributed by atoms with Gasteiger partial charge < -0.3 is 10.2 Å². The summed E-state index contributed by atoms with van der Waals surface area (Å²) >= 11 is 0. The lowest BCUT2D eigenvalue weighted by Gasteiger charge is -2.30. The number of carbonyl (C=O) groups excluding carboxylic acids is 1. The normalized spacial score (nSPS) is 20.1. The summed E-state index contributed by atoms with van der Waals surface area (Å²) in [5, 5.41) is 7.44. The molecule has 0 unspecified atom stereocenters. The number of rotatable bonds is 6. The molecule has 1 aromatic rings. The molecule has 8 nitrogen and oxygen atoms in total. The summed E-state index contributed by atoms with van der Waals surface area (Å²) in [5.74, 6) is 0.542. The quantitative estimate of drug-likeness (QED) is 0.768. The van der Waals surface area contributed by atoms with Crippen LogP contribution in [0.4, 0.5) is 0 Å². The van der Waals surface area contributed by atoms with Gasteiger partial charge in [-0.15, -0.1) is 0 Å². The first-order valence-electron chi connectivity index (χ1n) is 9.35. The lowest BCUT2D eigenvalue weighted by molar-refractivity contribution is -0.122. The fourth-order valence-corrected chi connectivity index (χ4v) is 4.48. The average Bonchev–Trinajstić information content (AvgIpc) is 3.02. The second kappa shape index (κ2) is 8.06. The van der Waals surface area contributed by atoms with E-state index in [9.17, 15) is 13.2 Å². The number of nitrogens with zero attached hydrogens (tertiary/aromatic N) is 4. The largest absolute Gasteiger partial charge is 0.350 e. The van der Waals surface area contributed by atoms with Gasteiger partial charge in [-0.05, 0) is 44.5 Å². The highest BCUT2D eigenvalue weighted by Crippen LogP contribution is 2.20. The van der Waals surface area contributed by atoms with Crippen LogP contribution in [0.5, 0.6) is 0 Å². The standard InChI is InChI=1S/C17H29N5O3S/c1-3-20-6-4-14(5-7-20)10-17(23)18-12-15-11-16-13-21(26(2,24)25)8-9-22(16)19-15/h11,14H,3-10,12-13H2,1-2H3,(H,18,23). The molecule has 9 heteroatoms. The van der Waals surface area contributed by atoms with Crippen LogP contribution in [0.3, 0.4) is 0 Å². The van der Waals surface area contributed by atoms with E-state index in [2.05, 4.69) is 22.2 Å². The Hall–Kier alpha value is -1.45. The molecule has 2 aliphatic heterocycles. The van der Waals surface area contributed by atoms with Crippen LogP contribution in [0.1, 0.15) is 37.6 Å². The molecule has 1 saturated heterocycles. The molecule has 0 atom stereocenters. The summed E-state index contributed by atoms with van der Waals surface area (Å²) < 4.78 is 26.7. The van der Waals surface area contributed by atoms with E-state index >= 15 is 0 Å². The second-order valence-electron chi connectivity index (χ2n) is 7.31. The third-order valence-electron chi connectivity index (χ3n) is 5.38. The molecule has 0 saturated carbocycles. The predicted molar refractivity (Wildman–Crippen MR) is 98.8 cm³/mol. The number of piperidine rings is 1. The highest BCUT2D eigenvalue weighted by Gasteiger charge is 2.25. The maximum Gasteiger partial charge on any atom is 0.220 e. The molecule has 146 valence electrons. The topological polar surface area (TPSA) is 87.5 Å². The Balaban J connectivity index is 1.47. The molecule has 3 rings (SSSR count). The van der Waals surface area contributed by atoms with Gasteiger partial charge in [0, 0.05) is 13.0 Å². The molecule has 2 aliphatic rings.